The zero-order valence-electron chi connectivity index (χ0n) is 15.9. The summed E-state index contributed by atoms with van der Waals surface area (Å²) >= 11 is 0. The molecule has 3 N–H and O–H groups in total. The van der Waals surface area contributed by atoms with Crippen molar-refractivity contribution in [2.45, 2.75) is 44.6 Å². The van der Waals surface area contributed by atoms with E-state index in [2.05, 4.69) is 5.32 Å². The monoisotopic (exact) mass is 373 g/mol. The van der Waals surface area contributed by atoms with Crippen molar-refractivity contribution in [3.05, 3.63) is 30.3 Å². The van der Waals surface area contributed by atoms with Gasteiger partial charge in [-0.1, -0.05) is 31.0 Å². The highest BCUT2D eigenvalue weighted by atomic mass is 16.5. The van der Waals surface area contributed by atoms with Gasteiger partial charge in [-0.3, -0.25) is 9.59 Å². The van der Waals surface area contributed by atoms with Crippen molar-refractivity contribution in [2.75, 3.05) is 26.2 Å². The van der Waals surface area contributed by atoms with Gasteiger partial charge in [0.1, 0.15) is 5.75 Å². The van der Waals surface area contributed by atoms with Gasteiger partial charge in [0.2, 0.25) is 5.91 Å². The molecule has 0 aromatic heterocycles. The van der Waals surface area contributed by atoms with Crippen LogP contribution in [0.1, 0.15) is 38.5 Å². The summed E-state index contributed by atoms with van der Waals surface area (Å²) in [6, 6.07) is 9.56. The second kappa shape index (κ2) is 9.74. The molecule has 2 aliphatic rings. The number of hydrogen-bond donors (Lipinski definition) is 2. The summed E-state index contributed by atoms with van der Waals surface area (Å²) in [7, 11) is 0. The molecule has 2 atom stereocenters. The standard InChI is InChI=1S/C21H31N3O3/c22-14-17-6-4-5-9-19(17)23-21(26)16-10-12-24(13-11-16)20(25)15-27-18-7-2-1-3-8-18/h1-3,7-8,16-17,19H,4-6,9-15,22H2,(H,23,26). The van der Waals surface area contributed by atoms with Crippen LogP contribution in [-0.4, -0.2) is 49.0 Å². The van der Waals surface area contributed by atoms with Crippen molar-refractivity contribution in [3.8, 4) is 5.75 Å². The van der Waals surface area contributed by atoms with Gasteiger partial charge in [0.05, 0.1) is 0 Å². The van der Waals surface area contributed by atoms with Gasteiger partial charge in [0, 0.05) is 25.0 Å². The van der Waals surface area contributed by atoms with Crippen LogP contribution in [0.3, 0.4) is 0 Å². The molecule has 6 nitrogen and oxygen atoms in total. The zero-order chi connectivity index (χ0) is 19.1. The molecule has 1 aromatic rings. The van der Waals surface area contributed by atoms with E-state index in [1.54, 1.807) is 4.90 Å². The molecule has 1 aliphatic heterocycles. The quantitative estimate of drug-likeness (QED) is 0.798. The van der Waals surface area contributed by atoms with Crippen molar-refractivity contribution in [1.82, 2.24) is 10.2 Å². The topological polar surface area (TPSA) is 84.7 Å². The van der Waals surface area contributed by atoms with Crippen LogP contribution in [0.2, 0.25) is 0 Å². The van der Waals surface area contributed by atoms with Crippen LogP contribution in [0.5, 0.6) is 5.75 Å². The first-order valence-electron chi connectivity index (χ1n) is 10.1. The van der Waals surface area contributed by atoms with Gasteiger partial charge in [-0.2, -0.15) is 0 Å². The van der Waals surface area contributed by atoms with Gasteiger partial charge in [-0.15, -0.1) is 0 Å². The van der Waals surface area contributed by atoms with Gasteiger partial charge in [0.15, 0.2) is 6.61 Å². The van der Waals surface area contributed by atoms with Crippen molar-refractivity contribution in [3.63, 3.8) is 0 Å². The number of rotatable bonds is 6. The molecule has 1 saturated heterocycles. The highest BCUT2D eigenvalue weighted by Gasteiger charge is 2.31. The van der Waals surface area contributed by atoms with E-state index < -0.39 is 0 Å². The third kappa shape index (κ3) is 5.45. The second-order valence-corrected chi connectivity index (χ2v) is 7.65. The third-order valence-corrected chi connectivity index (χ3v) is 5.86. The normalized spacial score (nSPS) is 23.7. The minimum atomic E-state index is -0.0202. The fourth-order valence-corrected chi connectivity index (χ4v) is 4.12. The molecule has 2 fully saturated rings. The van der Waals surface area contributed by atoms with E-state index in [0.29, 0.717) is 44.1 Å². The number of carbonyl (C=O) groups excluding carboxylic acids is 2. The lowest BCUT2D eigenvalue weighted by Crippen LogP contribution is -2.49. The van der Waals surface area contributed by atoms with Gasteiger partial charge in [0.25, 0.3) is 5.91 Å². The van der Waals surface area contributed by atoms with E-state index in [-0.39, 0.29) is 30.4 Å². The number of nitrogens with one attached hydrogen (secondary N) is 1. The number of nitrogens with zero attached hydrogens (tertiary/aromatic N) is 1. The van der Waals surface area contributed by atoms with Gasteiger partial charge < -0.3 is 20.7 Å². The Balaban J connectivity index is 1.41. The fraction of sp³-hybridized carbons (Fsp3) is 0.619. The molecule has 0 bridgehead atoms. The molecule has 2 amide bonds. The average molecular weight is 373 g/mol. The van der Waals surface area contributed by atoms with Gasteiger partial charge in [-0.05, 0) is 50.3 Å². The molecular weight excluding hydrogens is 342 g/mol. The Kier molecular flexibility index (Phi) is 7.10. The lowest BCUT2D eigenvalue weighted by molar-refractivity contribution is -0.137. The van der Waals surface area contributed by atoms with E-state index in [0.717, 1.165) is 19.3 Å². The zero-order valence-corrected chi connectivity index (χ0v) is 15.9. The van der Waals surface area contributed by atoms with Crippen LogP contribution in [0.15, 0.2) is 30.3 Å². The minimum Gasteiger partial charge on any atom is -0.484 e. The molecule has 148 valence electrons. The fourth-order valence-electron chi connectivity index (χ4n) is 4.12. The molecule has 0 spiro atoms. The lowest BCUT2D eigenvalue weighted by Gasteiger charge is -2.35. The van der Waals surface area contributed by atoms with Crippen LogP contribution < -0.4 is 15.8 Å². The van der Waals surface area contributed by atoms with Crippen LogP contribution >= 0.6 is 0 Å². The van der Waals surface area contributed by atoms with Crippen LogP contribution in [0.25, 0.3) is 0 Å². The molecular formula is C21H31N3O3. The summed E-state index contributed by atoms with van der Waals surface area (Å²) in [4.78, 5) is 26.8. The van der Waals surface area contributed by atoms with E-state index in [9.17, 15) is 9.59 Å². The first kappa shape index (κ1) is 19.7. The number of piperidine rings is 1. The number of likely N-dealkylation sites (tertiary alicyclic amines) is 1. The highest BCUT2D eigenvalue weighted by Crippen LogP contribution is 2.25. The molecule has 6 heteroatoms. The summed E-state index contributed by atoms with van der Waals surface area (Å²) in [6.07, 6.45) is 5.93. The summed E-state index contributed by atoms with van der Waals surface area (Å²) in [6.45, 7) is 1.90. The van der Waals surface area contributed by atoms with Crippen LogP contribution in [0.4, 0.5) is 0 Å². The maximum atomic E-state index is 12.6. The maximum Gasteiger partial charge on any atom is 0.260 e. The smallest absolute Gasteiger partial charge is 0.260 e. The summed E-state index contributed by atoms with van der Waals surface area (Å²) in [5, 5.41) is 3.23. The first-order valence-corrected chi connectivity index (χ1v) is 10.1. The summed E-state index contributed by atoms with van der Waals surface area (Å²) in [5.41, 5.74) is 5.86. The Morgan fingerprint density at radius 2 is 1.78 bits per heavy atom. The molecule has 1 aliphatic carbocycles. The van der Waals surface area contributed by atoms with E-state index in [1.807, 2.05) is 30.3 Å². The predicted molar refractivity (Wildman–Crippen MR) is 104 cm³/mol. The summed E-state index contributed by atoms with van der Waals surface area (Å²) in [5.74, 6) is 1.20. The van der Waals surface area contributed by atoms with E-state index in [1.165, 1.54) is 6.42 Å². The van der Waals surface area contributed by atoms with Crippen molar-refractivity contribution < 1.29 is 14.3 Å². The molecule has 1 aromatic carbocycles. The average Bonchev–Trinajstić information content (AvgIpc) is 2.73. The number of nitrogens with two attached hydrogens (primary N) is 1. The third-order valence-electron chi connectivity index (χ3n) is 5.86. The number of hydrogen-bond acceptors (Lipinski definition) is 4. The Labute approximate surface area is 161 Å². The van der Waals surface area contributed by atoms with Gasteiger partial charge in [-0.25, -0.2) is 0 Å². The number of ether oxygens (including phenoxy) is 1. The Bertz CT molecular complexity index is 614. The van der Waals surface area contributed by atoms with Crippen LogP contribution in [0, 0.1) is 11.8 Å². The number of carbonyl (C=O) groups is 2. The van der Waals surface area contributed by atoms with Crippen molar-refractivity contribution >= 4 is 11.8 Å². The Morgan fingerprint density at radius 1 is 1.07 bits per heavy atom. The molecule has 3 rings (SSSR count). The highest BCUT2D eigenvalue weighted by molar-refractivity contribution is 5.80. The molecule has 1 saturated carbocycles. The second-order valence-electron chi connectivity index (χ2n) is 7.65. The first-order chi connectivity index (χ1) is 13.2. The summed E-state index contributed by atoms with van der Waals surface area (Å²) < 4.78 is 5.54. The largest absolute Gasteiger partial charge is 0.484 e. The SMILES string of the molecule is NCC1CCCCC1NC(=O)C1CCN(C(=O)COc2ccccc2)CC1. The predicted octanol–water partition coefficient (Wildman–Crippen LogP) is 1.94. The Hall–Kier alpha value is -2.08. The minimum absolute atomic E-state index is 0.00978. The maximum absolute atomic E-state index is 12.6. The molecule has 1 heterocycles. The van der Waals surface area contributed by atoms with E-state index >= 15 is 0 Å². The number of para-hydroxylation sites is 1. The van der Waals surface area contributed by atoms with Crippen molar-refractivity contribution in [1.29, 1.82) is 0 Å². The van der Waals surface area contributed by atoms with Crippen LogP contribution in [-0.2, 0) is 9.59 Å². The Morgan fingerprint density at radius 3 is 2.48 bits per heavy atom. The molecule has 27 heavy (non-hydrogen) atoms. The lowest BCUT2D eigenvalue weighted by atomic mass is 9.84. The van der Waals surface area contributed by atoms with Gasteiger partial charge >= 0.3 is 0 Å². The molecule has 2 unspecified atom stereocenters. The molecule has 0 radical (unpaired) electrons. The number of amides is 2. The van der Waals surface area contributed by atoms with E-state index in [4.69, 9.17) is 10.5 Å². The number of benzene rings is 1. The van der Waals surface area contributed by atoms with Crippen molar-refractivity contribution in [2.24, 2.45) is 17.6 Å².